The summed E-state index contributed by atoms with van der Waals surface area (Å²) in [5.74, 6) is -0.880. The third-order valence-electron chi connectivity index (χ3n) is 2.71. The normalized spacial score (nSPS) is 11.5. The highest BCUT2D eigenvalue weighted by molar-refractivity contribution is 6.02. The Morgan fingerprint density at radius 1 is 1.00 bits per heavy atom. The van der Waals surface area contributed by atoms with Crippen LogP contribution in [0.3, 0.4) is 0 Å². The van der Waals surface area contributed by atoms with Gasteiger partial charge in [0.2, 0.25) is 0 Å². The maximum absolute atomic E-state index is 12.8. The predicted octanol–water partition coefficient (Wildman–Crippen LogP) is 2.66. The number of aromatic hydroxyl groups is 2. The summed E-state index contributed by atoms with van der Waals surface area (Å²) in [6, 6.07) is 9.93. The summed E-state index contributed by atoms with van der Waals surface area (Å²) in [5, 5.41) is 30.8. The third kappa shape index (κ3) is 3.01. The van der Waals surface area contributed by atoms with E-state index in [0.29, 0.717) is 11.3 Å². The number of phenolic OH excluding ortho intramolecular Hbond substituents is 2. The van der Waals surface area contributed by atoms with Crippen molar-refractivity contribution in [2.24, 2.45) is 5.16 Å². The van der Waals surface area contributed by atoms with Gasteiger partial charge in [0.25, 0.3) is 0 Å². The second kappa shape index (κ2) is 5.39. The molecule has 5 heteroatoms. The number of hydrogen-bond donors (Lipinski definition) is 3. The Morgan fingerprint density at radius 2 is 1.68 bits per heavy atom. The molecule has 0 aliphatic carbocycles. The maximum Gasteiger partial charge on any atom is 0.158 e. The summed E-state index contributed by atoms with van der Waals surface area (Å²) >= 11 is 0. The van der Waals surface area contributed by atoms with E-state index >= 15 is 0 Å². The maximum atomic E-state index is 12.8. The summed E-state index contributed by atoms with van der Waals surface area (Å²) in [7, 11) is 0. The van der Waals surface area contributed by atoms with Crippen LogP contribution in [-0.2, 0) is 6.42 Å². The van der Waals surface area contributed by atoms with Gasteiger partial charge < -0.3 is 15.4 Å². The van der Waals surface area contributed by atoms with E-state index in [1.165, 1.54) is 30.3 Å². The van der Waals surface area contributed by atoms with Crippen LogP contribution in [0.2, 0.25) is 0 Å². The molecule has 0 saturated carbocycles. The highest BCUT2D eigenvalue weighted by atomic mass is 19.1. The number of oxime groups is 1. The zero-order valence-electron chi connectivity index (χ0n) is 9.92. The molecule has 2 rings (SSSR count). The minimum atomic E-state index is -0.339. The van der Waals surface area contributed by atoms with Crippen LogP contribution in [0.25, 0.3) is 0 Å². The largest absolute Gasteiger partial charge is 0.504 e. The lowest BCUT2D eigenvalue weighted by Gasteiger charge is -2.06. The summed E-state index contributed by atoms with van der Waals surface area (Å²) in [6.45, 7) is 0. The first-order valence-corrected chi connectivity index (χ1v) is 5.58. The lowest BCUT2D eigenvalue weighted by Crippen LogP contribution is -2.05. The van der Waals surface area contributed by atoms with Crippen LogP contribution in [0.4, 0.5) is 4.39 Å². The number of nitrogens with zero attached hydrogens (tertiary/aromatic N) is 1. The third-order valence-corrected chi connectivity index (χ3v) is 2.71. The van der Waals surface area contributed by atoms with Gasteiger partial charge in [-0.05, 0) is 35.9 Å². The van der Waals surface area contributed by atoms with Crippen molar-refractivity contribution < 1.29 is 19.8 Å². The molecular formula is C14H12FNO3. The van der Waals surface area contributed by atoms with E-state index in [2.05, 4.69) is 5.16 Å². The summed E-state index contributed by atoms with van der Waals surface area (Å²) in [4.78, 5) is 0. The number of phenols is 2. The molecule has 2 aromatic rings. The van der Waals surface area contributed by atoms with Crippen LogP contribution in [0, 0.1) is 5.82 Å². The van der Waals surface area contributed by atoms with Crippen molar-refractivity contribution in [1.29, 1.82) is 0 Å². The van der Waals surface area contributed by atoms with Crippen molar-refractivity contribution in [1.82, 2.24) is 0 Å². The second-order valence-electron chi connectivity index (χ2n) is 4.05. The lowest BCUT2D eigenvalue weighted by atomic mass is 10.0. The van der Waals surface area contributed by atoms with E-state index in [-0.39, 0.29) is 23.7 Å². The van der Waals surface area contributed by atoms with Gasteiger partial charge in [-0.3, -0.25) is 0 Å². The number of halogens is 1. The smallest absolute Gasteiger partial charge is 0.158 e. The zero-order valence-corrected chi connectivity index (χ0v) is 9.92. The van der Waals surface area contributed by atoms with Gasteiger partial charge in [0, 0.05) is 12.0 Å². The van der Waals surface area contributed by atoms with Crippen LogP contribution >= 0.6 is 0 Å². The molecule has 0 heterocycles. The van der Waals surface area contributed by atoms with E-state index < -0.39 is 0 Å². The quantitative estimate of drug-likeness (QED) is 0.344. The molecule has 0 aliphatic rings. The van der Waals surface area contributed by atoms with Gasteiger partial charge in [-0.15, -0.1) is 0 Å². The molecule has 0 saturated heterocycles. The molecule has 2 aromatic carbocycles. The van der Waals surface area contributed by atoms with E-state index in [9.17, 15) is 14.6 Å². The Labute approximate surface area is 109 Å². The van der Waals surface area contributed by atoms with Gasteiger partial charge in [-0.1, -0.05) is 17.3 Å². The fourth-order valence-corrected chi connectivity index (χ4v) is 1.69. The topological polar surface area (TPSA) is 73.1 Å². The van der Waals surface area contributed by atoms with Crippen LogP contribution < -0.4 is 0 Å². The molecule has 0 aromatic heterocycles. The van der Waals surface area contributed by atoms with E-state index in [0.717, 1.165) is 5.56 Å². The van der Waals surface area contributed by atoms with Gasteiger partial charge >= 0.3 is 0 Å². The molecule has 19 heavy (non-hydrogen) atoms. The Hall–Kier alpha value is -2.56. The van der Waals surface area contributed by atoms with Crippen molar-refractivity contribution in [3.05, 3.63) is 59.4 Å². The minimum Gasteiger partial charge on any atom is -0.504 e. The highest BCUT2D eigenvalue weighted by Gasteiger charge is 2.09. The average molecular weight is 261 g/mol. The Balaban J connectivity index is 2.25. The van der Waals surface area contributed by atoms with Crippen LogP contribution in [0.15, 0.2) is 47.6 Å². The van der Waals surface area contributed by atoms with E-state index in [4.69, 9.17) is 5.21 Å². The van der Waals surface area contributed by atoms with Crippen LogP contribution in [0.5, 0.6) is 11.5 Å². The molecule has 0 fully saturated rings. The zero-order chi connectivity index (χ0) is 13.8. The second-order valence-corrected chi connectivity index (χ2v) is 4.05. The number of benzene rings is 2. The monoisotopic (exact) mass is 261 g/mol. The first-order valence-electron chi connectivity index (χ1n) is 5.58. The number of rotatable bonds is 3. The van der Waals surface area contributed by atoms with Crippen molar-refractivity contribution in [2.45, 2.75) is 6.42 Å². The van der Waals surface area contributed by atoms with Gasteiger partial charge in [-0.2, -0.15) is 0 Å². The van der Waals surface area contributed by atoms with Gasteiger partial charge in [-0.25, -0.2) is 4.39 Å². The highest BCUT2D eigenvalue weighted by Crippen LogP contribution is 2.25. The SMILES string of the molecule is O/N=C(\Cc1ccc(F)cc1)c1ccc(O)c(O)c1. The summed E-state index contributed by atoms with van der Waals surface area (Å²) in [5.41, 5.74) is 1.55. The molecule has 0 amide bonds. The van der Waals surface area contributed by atoms with E-state index in [1.54, 1.807) is 12.1 Å². The Morgan fingerprint density at radius 3 is 2.26 bits per heavy atom. The van der Waals surface area contributed by atoms with Crippen LogP contribution in [-0.4, -0.2) is 21.1 Å². The fraction of sp³-hybridized carbons (Fsp3) is 0.0714. The first kappa shape index (κ1) is 12.9. The minimum absolute atomic E-state index is 0.247. The van der Waals surface area contributed by atoms with Gasteiger partial charge in [0.15, 0.2) is 11.5 Å². The summed E-state index contributed by atoms with van der Waals surface area (Å²) < 4.78 is 12.8. The van der Waals surface area contributed by atoms with Gasteiger partial charge in [0.05, 0.1) is 5.71 Å². The van der Waals surface area contributed by atoms with Gasteiger partial charge in [0.1, 0.15) is 5.82 Å². The molecule has 4 nitrogen and oxygen atoms in total. The first-order chi connectivity index (χ1) is 9.10. The van der Waals surface area contributed by atoms with Crippen molar-refractivity contribution in [2.75, 3.05) is 0 Å². The van der Waals surface area contributed by atoms with Crippen molar-refractivity contribution in [3.63, 3.8) is 0 Å². The van der Waals surface area contributed by atoms with E-state index in [1.807, 2.05) is 0 Å². The fourth-order valence-electron chi connectivity index (χ4n) is 1.69. The molecule has 0 spiro atoms. The molecule has 0 bridgehead atoms. The molecular weight excluding hydrogens is 249 g/mol. The molecule has 98 valence electrons. The molecule has 0 radical (unpaired) electrons. The predicted molar refractivity (Wildman–Crippen MR) is 68.2 cm³/mol. The molecule has 3 N–H and O–H groups in total. The summed E-state index contributed by atoms with van der Waals surface area (Å²) in [6.07, 6.45) is 0.279. The molecule has 0 atom stereocenters. The molecule has 0 unspecified atom stereocenters. The van der Waals surface area contributed by atoms with Crippen molar-refractivity contribution >= 4 is 5.71 Å². The van der Waals surface area contributed by atoms with Crippen molar-refractivity contribution in [3.8, 4) is 11.5 Å². The Kier molecular flexibility index (Phi) is 3.66. The standard InChI is InChI=1S/C14H12FNO3/c15-11-4-1-9(2-5-11)7-12(16-19)10-3-6-13(17)14(18)8-10/h1-6,8,17-19H,7H2/b16-12+. The Bertz CT molecular complexity index is 609. The van der Waals surface area contributed by atoms with Crippen LogP contribution in [0.1, 0.15) is 11.1 Å². The number of hydrogen-bond acceptors (Lipinski definition) is 4. The lowest BCUT2D eigenvalue weighted by molar-refractivity contribution is 0.318. The molecule has 0 aliphatic heterocycles. The average Bonchev–Trinajstić information content (AvgIpc) is 2.41.